The summed E-state index contributed by atoms with van der Waals surface area (Å²) in [7, 11) is 0. The summed E-state index contributed by atoms with van der Waals surface area (Å²) in [6, 6.07) is 3.23. The smallest absolute Gasteiger partial charge is 0.422 e. The van der Waals surface area contributed by atoms with E-state index in [1.807, 2.05) is 0 Å². The highest BCUT2D eigenvalue weighted by Crippen LogP contribution is 2.31. The minimum Gasteiger partial charge on any atom is -0.466 e. The van der Waals surface area contributed by atoms with E-state index in [0.717, 1.165) is 11.2 Å². The summed E-state index contributed by atoms with van der Waals surface area (Å²) in [5, 5.41) is 6.59. The number of alkyl halides is 3. The summed E-state index contributed by atoms with van der Waals surface area (Å²) in [4.78, 5) is 16.0. The second-order valence-electron chi connectivity index (χ2n) is 5.65. The van der Waals surface area contributed by atoms with E-state index in [4.69, 9.17) is 22.1 Å². The fourth-order valence-corrected chi connectivity index (χ4v) is 2.75. The van der Waals surface area contributed by atoms with E-state index in [1.165, 1.54) is 6.20 Å². The van der Waals surface area contributed by atoms with Gasteiger partial charge in [-0.15, -0.1) is 5.10 Å². The zero-order chi connectivity index (χ0) is 19.6. The van der Waals surface area contributed by atoms with Crippen LogP contribution in [0.3, 0.4) is 0 Å². The number of rotatable bonds is 5. The van der Waals surface area contributed by atoms with Crippen LogP contribution in [-0.4, -0.2) is 53.2 Å². The number of morpholine rings is 1. The predicted octanol–water partition coefficient (Wildman–Crippen LogP) is 1.62. The number of nitrogens with one attached hydrogen (secondary N) is 1. The average molecular weight is 406 g/mol. The van der Waals surface area contributed by atoms with Gasteiger partial charge in [-0.2, -0.15) is 13.2 Å². The van der Waals surface area contributed by atoms with E-state index in [9.17, 15) is 18.0 Å². The molecule has 146 valence electrons. The maximum absolute atomic E-state index is 12.4. The van der Waals surface area contributed by atoms with Crippen molar-refractivity contribution >= 4 is 17.5 Å². The number of nitrogens with zero attached hydrogens (tertiary/aromatic N) is 3. The Morgan fingerprint density at radius 2 is 2.26 bits per heavy atom. The van der Waals surface area contributed by atoms with E-state index in [2.05, 4.69) is 20.1 Å². The van der Waals surface area contributed by atoms with Crippen molar-refractivity contribution in [2.75, 3.05) is 26.3 Å². The Labute approximate surface area is 156 Å². The van der Waals surface area contributed by atoms with Crippen LogP contribution in [0.5, 0.6) is 5.88 Å². The second-order valence-corrected chi connectivity index (χ2v) is 6.03. The maximum Gasteiger partial charge on any atom is 0.422 e. The Balaban J connectivity index is 1.89. The SMILES string of the molecule is NC(=O)c1c(Cl)c(OCC(F)(F)F)nn1-c1ccc(C2CNCCO2)nc1. The summed E-state index contributed by atoms with van der Waals surface area (Å²) in [5.74, 6) is -1.52. The molecule has 1 aliphatic heterocycles. The van der Waals surface area contributed by atoms with Crippen molar-refractivity contribution in [1.29, 1.82) is 0 Å². The van der Waals surface area contributed by atoms with Crippen molar-refractivity contribution in [2.45, 2.75) is 12.3 Å². The van der Waals surface area contributed by atoms with Crippen LogP contribution in [0.15, 0.2) is 18.3 Å². The first-order chi connectivity index (χ1) is 12.8. The molecule has 8 nitrogen and oxygen atoms in total. The lowest BCUT2D eigenvalue weighted by atomic mass is 10.2. The van der Waals surface area contributed by atoms with Gasteiger partial charge < -0.3 is 20.5 Å². The molecule has 2 aromatic heterocycles. The van der Waals surface area contributed by atoms with E-state index < -0.39 is 29.6 Å². The summed E-state index contributed by atoms with van der Waals surface area (Å²) in [5.41, 5.74) is 5.91. The van der Waals surface area contributed by atoms with Crippen molar-refractivity contribution in [2.24, 2.45) is 5.73 Å². The van der Waals surface area contributed by atoms with Crippen molar-refractivity contribution < 1.29 is 27.4 Å². The number of halogens is 4. The number of carbonyl (C=O) groups excluding carboxylic acids is 1. The van der Waals surface area contributed by atoms with Gasteiger partial charge in [-0.1, -0.05) is 11.6 Å². The van der Waals surface area contributed by atoms with Crippen LogP contribution < -0.4 is 15.8 Å². The molecule has 2 aromatic rings. The molecular weight excluding hydrogens is 391 g/mol. The van der Waals surface area contributed by atoms with Crippen LogP contribution >= 0.6 is 11.6 Å². The predicted molar refractivity (Wildman–Crippen MR) is 88.0 cm³/mol. The first-order valence-corrected chi connectivity index (χ1v) is 8.20. The number of carbonyl (C=O) groups is 1. The Morgan fingerprint density at radius 3 is 2.81 bits per heavy atom. The van der Waals surface area contributed by atoms with Gasteiger partial charge in [-0.3, -0.25) is 9.78 Å². The minimum atomic E-state index is -4.59. The number of pyridine rings is 1. The number of hydrogen-bond acceptors (Lipinski definition) is 6. The molecule has 1 saturated heterocycles. The summed E-state index contributed by atoms with van der Waals surface area (Å²) >= 11 is 5.93. The number of nitrogens with two attached hydrogens (primary N) is 1. The normalized spacial score (nSPS) is 17.7. The molecule has 3 heterocycles. The van der Waals surface area contributed by atoms with Crippen LogP contribution in [0.4, 0.5) is 13.2 Å². The number of amides is 1. The minimum absolute atomic E-state index is 0.227. The topological polar surface area (TPSA) is 104 Å². The summed E-state index contributed by atoms with van der Waals surface area (Å²) in [6.45, 7) is 0.296. The van der Waals surface area contributed by atoms with Crippen molar-refractivity contribution in [3.8, 4) is 11.6 Å². The molecule has 3 N–H and O–H groups in total. The average Bonchev–Trinajstić information content (AvgIpc) is 2.97. The molecule has 1 amide bonds. The molecule has 1 atom stereocenters. The van der Waals surface area contributed by atoms with E-state index in [1.54, 1.807) is 12.1 Å². The van der Waals surface area contributed by atoms with Gasteiger partial charge in [0.2, 0.25) is 0 Å². The Hall–Kier alpha value is -2.37. The quantitative estimate of drug-likeness (QED) is 0.783. The molecule has 0 radical (unpaired) electrons. The van der Waals surface area contributed by atoms with Gasteiger partial charge in [0, 0.05) is 13.1 Å². The molecular formula is C15H15ClF3N5O3. The third-order valence-corrected chi connectivity index (χ3v) is 4.02. The molecule has 0 saturated carbocycles. The number of aromatic nitrogens is 3. The number of primary amides is 1. The van der Waals surface area contributed by atoms with E-state index >= 15 is 0 Å². The van der Waals surface area contributed by atoms with Crippen molar-refractivity contribution in [1.82, 2.24) is 20.1 Å². The van der Waals surface area contributed by atoms with Gasteiger partial charge in [0.1, 0.15) is 11.1 Å². The molecule has 0 bridgehead atoms. The maximum atomic E-state index is 12.4. The highest BCUT2D eigenvalue weighted by atomic mass is 35.5. The van der Waals surface area contributed by atoms with E-state index in [-0.39, 0.29) is 17.5 Å². The van der Waals surface area contributed by atoms with Gasteiger partial charge in [-0.25, -0.2) is 4.68 Å². The standard InChI is InChI=1S/C15H15ClF3N5O3/c16-11-12(13(20)25)24(23-14(11)27-7-15(17,18)19)8-1-2-9(22-5-8)10-6-21-3-4-26-10/h1-2,5,10,21H,3-4,6-7H2,(H2,20,25). The largest absolute Gasteiger partial charge is 0.466 e. The van der Waals surface area contributed by atoms with Gasteiger partial charge in [0.25, 0.3) is 11.8 Å². The zero-order valence-corrected chi connectivity index (χ0v) is 14.5. The zero-order valence-electron chi connectivity index (χ0n) is 13.8. The van der Waals surface area contributed by atoms with Crippen LogP contribution in [-0.2, 0) is 4.74 Å². The first kappa shape index (κ1) is 19.4. The van der Waals surface area contributed by atoms with Gasteiger partial charge >= 0.3 is 6.18 Å². The lowest BCUT2D eigenvalue weighted by molar-refractivity contribution is -0.154. The van der Waals surface area contributed by atoms with Crippen molar-refractivity contribution in [3.05, 3.63) is 34.7 Å². The molecule has 0 aliphatic carbocycles. The molecule has 0 aromatic carbocycles. The second kappa shape index (κ2) is 7.71. The highest BCUT2D eigenvalue weighted by molar-refractivity contribution is 6.34. The van der Waals surface area contributed by atoms with Gasteiger partial charge in [0.15, 0.2) is 12.3 Å². The monoisotopic (exact) mass is 405 g/mol. The lowest BCUT2D eigenvalue weighted by Crippen LogP contribution is -2.33. The molecule has 12 heteroatoms. The third-order valence-electron chi connectivity index (χ3n) is 3.68. The molecule has 27 heavy (non-hydrogen) atoms. The van der Waals surface area contributed by atoms with Crippen LogP contribution in [0.2, 0.25) is 5.02 Å². The van der Waals surface area contributed by atoms with Crippen LogP contribution in [0, 0.1) is 0 Å². The Morgan fingerprint density at radius 1 is 1.48 bits per heavy atom. The van der Waals surface area contributed by atoms with Crippen LogP contribution in [0.1, 0.15) is 22.3 Å². The van der Waals surface area contributed by atoms with Crippen molar-refractivity contribution in [3.63, 3.8) is 0 Å². The fourth-order valence-electron chi connectivity index (χ4n) is 2.49. The lowest BCUT2D eigenvalue weighted by Gasteiger charge is -2.23. The molecule has 0 spiro atoms. The van der Waals surface area contributed by atoms with Gasteiger partial charge in [-0.05, 0) is 12.1 Å². The molecule has 1 fully saturated rings. The fraction of sp³-hybridized carbons (Fsp3) is 0.400. The molecule has 3 rings (SSSR count). The summed E-state index contributed by atoms with van der Waals surface area (Å²) in [6.07, 6.45) is -3.43. The molecule has 1 aliphatic rings. The Bertz CT molecular complexity index is 819. The Kier molecular flexibility index (Phi) is 5.53. The number of ether oxygens (including phenoxy) is 2. The third kappa shape index (κ3) is 4.49. The summed E-state index contributed by atoms with van der Waals surface area (Å²) < 4.78 is 48.2. The van der Waals surface area contributed by atoms with Crippen LogP contribution in [0.25, 0.3) is 5.69 Å². The van der Waals surface area contributed by atoms with E-state index in [0.29, 0.717) is 18.8 Å². The first-order valence-electron chi connectivity index (χ1n) is 7.83. The van der Waals surface area contributed by atoms with Gasteiger partial charge in [0.05, 0.1) is 24.2 Å². The highest BCUT2D eigenvalue weighted by Gasteiger charge is 2.31. The molecule has 1 unspecified atom stereocenters. The number of hydrogen-bond donors (Lipinski definition) is 2.